The minimum absolute atomic E-state index is 0.307. The molecule has 0 aliphatic carbocycles. The van der Waals surface area contributed by atoms with Crippen LogP contribution >= 0.6 is 0 Å². The Bertz CT molecular complexity index is 6610. The average Bonchev–Trinajstić information content (AvgIpc) is 0.749. The van der Waals surface area contributed by atoms with Gasteiger partial charge in [0.25, 0.3) is 0 Å². The van der Waals surface area contributed by atoms with Crippen molar-refractivity contribution in [3.63, 3.8) is 0 Å². The van der Waals surface area contributed by atoms with Gasteiger partial charge in [-0.05, 0) is 161 Å². The molecule has 0 bridgehead atoms. The van der Waals surface area contributed by atoms with Crippen LogP contribution < -0.4 is 0 Å². The van der Waals surface area contributed by atoms with Gasteiger partial charge in [0, 0.05) is 66.8 Å². The van der Waals surface area contributed by atoms with Gasteiger partial charge in [-0.3, -0.25) is 0 Å². The summed E-state index contributed by atoms with van der Waals surface area (Å²) in [7, 11) is 0. The lowest BCUT2D eigenvalue weighted by Crippen LogP contribution is -2.04. The third-order valence-corrected chi connectivity index (χ3v) is 21.6. The highest BCUT2D eigenvalue weighted by molar-refractivity contribution is 5.94. The molecule has 18 rings (SSSR count). The molecule has 18 aromatic rings. The minimum atomic E-state index is -4.57. The highest BCUT2D eigenvalue weighted by Gasteiger charge is 2.31. The fourth-order valence-electron chi connectivity index (χ4n) is 15.1. The molecule has 0 saturated carbocycles. The van der Waals surface area contributed by atoms with Crippen LogP contribution in [-0.2, 0) is 6.18 Å². The maximum atomic E-state index is 14.4. The smallest absolute Gasteiger partial charge is 0.208 e. The molecule has 0 atom stereocenters. The van der Waals surface area contributed by atoms with Crippen molar-refractivity contribution in [2.24, 2.45) is 0 Å². The van der Waals surface area contributed by atoms with E-state index in [1.807, 2.05) is 261 Å². The molecule has 0 aliphatic rings. The number of aromatic nitrogens is 12. The van der Waals surface area contributed by atoms with Gasteiger partial charge in [0.1, 0.15) is 0 Å². The number of alkyl halides is 3. The van der Waals surface area contributed by atoms with Gasteiger partial charge in [-0.25, -0.2) is 59.8 Å². The zero-order valence-corrected chi connectivity index (χ0v) is 64.3. The summed E-state index contributed by atoms with van der Waals surface area (Å²) in [5, 5.41) is 0. The van der Waals surface area contributed by atoms with Crippen molar-refractivity contribution < 1.29 is 13.2 Å². The first kappa shape index (κ1) is 73.4. The topological polar surface area (TPSA) is 155 Å². The van der Waals surface area contributed by atoms with Crippen LogP contribution in [0.3, 0.4) is 0 Å². The molecule has 0 N–H and O–H groups in total. The molecular formula is C102H71F3N12. The first-order valence-electron chi connectivity index (χ1n) is 38.5. The van der Waals surface area contributed by atoms with Crippen molar-refractivity contribution in [3.8, 4) is 192 Å². The Kier molecular flexibility index (Phi) is 19.7. The minimum Gasteiger partial charge on any atom is -0.208 e. The molecule has 0 aliphatic heterocycles. The van der Waals surface area contributed by atoms with E-state index in [9.17, 15) is 13.2 Å². The molecule has 117 heavy (non-hydrogen) atoms. The average molecular weight is 1520 g/mol. The molecule has 0 unspecified atom stereocenters. The molecule has 15 heteroatoms. The summed E-state index contributed by atoms with van der Waals surface area (Å²) in [5.41, 5.74) is 23.0. The predicted molar refractivity (Wildman–Crippen MR) is 461 cm³/mol. The molecule has 14 aromatic carbocycles. The number of hydrogen-bond acceptors (Lipinski definition) is 12. The zero-order chi connectivity index (χ0) is 79.7. The first-order valence-corrected chi connectivity index (χ1v) is 38.5. The molecule has 4 aromatic heterocycles. The van der Waals surface area contributed by atoms with Crippen LogP contribution in [0, 0.1) is 34.6 Å². The second kappa shape index (κ2) is 31.5. The van der Waals surface area contributed by atoms with Crippen LogP contribution in [0.15, 0.2) is 340 Å². The summed E-state index contributed by atoms with van der Waals surface area (Å²) in [6, 6.07) is 109. The summed E-state index contributed by atoms with van der Waals surface area (Å²) in [4.78, 5) is 62.3. The molecule has 4 heterocycles. The Morgan fingerprint density at radius 1 is 0.162 bits per heavy atom. The number of halogens is 3. The van der Waals surface area contributed by atoms with Gasteiger partial charge in [0.05, 0.1) is 5.56 Å². The van der Waals surface area contributed by atoms with E-state index in [1.54, 1.807) is 0 Å². The number of hydrogen-bond donors (Lipinski definition) is 0. The van der Waals surface area contributed by atoms with Crippen LogP contribution in [0.1, 0.15) is 33.4 Å². The lowest BCUT2D eigenvalue weighted by atomic mass is 9.83. The number of rotatable bonds is 17. The monoisotopic (exact) mass is 1520 g/mol. The second-order valence-corrected chi connectivity index (χ2v) is 28.8. The summed E-state index contributed by atoms with van der Waals surface area (Å²) < 4.78 is 43.2. The van der Waals surface area contributed by atoms with Gasteiger partial charge in [-0.15, -0.1) is 0 Å². The van der Waals surface area contributed by atoms with Crippen LogP contribution in [0.4, 0.5) is 13.2 Å². The first-order chi connectivity index (χ1) is 57.2. The van der Waals surface area contributed by atoms with Crippen LogP contribution in [0.25, 0.3) is 192 Å². The maximum absolute atomic E-state index is 14.4. The fraction of sp³-hybridized carbons (Fsp3) is 0.0588. The number of nitrogens with zero attached hydrogens (tertiary/aromatic N) is 12. The van der Waals surface area contributed by atoms with E-state index in [2.05, 4.69) is 89.2 Å². The van der Waals surface area contributed by atoms with Crippen molar-refractivity contribution in [2.45, 2.75) is 40.8 Å². The Labute approximate surface area is 675 Å². The van der Waals surface area contributed by atoms with Crippen molar-refractivity contribution in [3.05, 3.63) is 373 Å². The van der Waals surface area contributed by atoms with E-state index in [4.69, 9.17) is 59.8 Å². The third-order valence-electron chi connectivity index (χ3n) is 21.6. The zero-order valence-electron chi connectivity index (χ0n) is 64.3. The number of benzene rings is 14. The Morgan fingerprint density at radius 3 is 0.752 bits per heavy atom. The van der Waals surface area contributed by atoms with E-state index >= 15 is 0 Å². The van der Waals surface area contributed by atoms with E-state index in [0.717, 1.165) is 123 Å². The highest BCUT2D eigenvalue weighted by atomic mass is 19.4. The van der Waals surface area contributed by atoms with Crippen molar-refractivity contribution >= 4 is 0 Å². The van der Waals surface area contributed by atoms with Gasteiger partial charge >= 0.3 is 6.18 Å². The lowest BCUT2D eigenvalue weighted by molar-refractivity contribution is -0.137. The lowest BCUT2D eigenvalue weighted by Gasteiger charge is -2.22. The van der Waals surface area contributed by atoms with Gasteiger partial charge in [0.15, 0.2) is 69.9 Å². The quantitative estimate of drug-likeness (QED) is 0.0852. The molecule has 0 amide bonds. The molecule has 0 radical (unpaired) electrons. The van der Waals surface area contributed by atoms with E-state index < -0.39 is 11.7 Å². The van der Waals surface area contributed by atoms with Crippen LogP contribution in [0.5, 0.6) is 0 Å². The summed E-state index contributed by atoms with van der Waals surface area (Å²) in [6.45, 7) is 11.0. The third kappa shape index (κ3) is 15.0. The highest BCUT2D eigenvalue weighted by Crippen LogP contribution is 2.46. The summed E-state index contributed by atoms with van der Waals surface area (Å²) in [6.07, 6.45) is -4.57. The van der Waals surface area contributed by atoms with Gasteiger partial charge in [-0.1, -0.05) is 297 Å². The summed E-state index contributed by atoms with van der Waals surface area (Å²) >= 11 is 0. The standard InChI is InChI=1S/C102H71F3N12/c1-62-63(2)65(4)89(66(5)64(62)3)88-61-78(82-44-25-27-46-84(82)99-112-92(71-33-16-8-17-34-71)107-93(113-99)72-35-18-9-19-36-72)54-58-86(88)101-115-94(73-37-20-10-21-38-73)108-96(116-101)75-49-47-67(48-50-75)76-41-28-42-79(59-76)97-109-95(74-39-22-11-23-40-74)114-100(117-97)85-57-53-77(60-87(85)68-51-55-80(56-52-68)102(103,104)105)81-43-24-26-45-83(81)98-110-90(69-29-12-6-13-30-69)106-91(111-98)70-31-14-7-15-32-70/h6-61H,1-5H3. The van der Waals surface area contributed by atoms with E-state index in [1.165, 1.54) is 28.8 Å². The van der Waals surface area contributed by atoms with E-state index in [-0.39, 0.29) is 0 Å². The Hall–Kier alpha value is -15.1. The normalized spacial score (nSPS) is 11.4. The van der Waals surface area contributed by atoms with Crippen LogP contribution in [0.2, 0.25) is 0 Å². The second-order valence-electron chi connectivity index (χ2n) is 28.8. The van der Waals surface area contributed by atoms with E-state index in [0.29, 0.717) is 92.1 Å². The van der Waals surface area contributed by atoms with Gasteiger partial charge < -0.3 is 0 Å². The van der Waals surface area contributed by atoms with Crippen molar-refractivity contribution in [1.82, 2.24) is 59.8 Å². The largest absolute Gasteiger partial charge is 0.416 e. The summed E-state index contributed by atoms with van der Waals surface area (Å²) in [5.74, 6) is 5.73. The van der Waals surface area contributed by atoms with Crippen molar-refractivity contribution in [2.75, 3.05) is 0 Å². The van der Waals surface area contributed by atoms with Crippen molar-refractivity contribution in [1.29, 1.82) is 0 Å². The van der Waals surface area contributed by atoms with Gasteiger partial charge in [0.2, 0.25) is 0 Å². The van der Waals surface area contributed by atoms with Crippen LogP contribution in [-0.4, -0.2) is 59.8 Å². The Balaban J connectivity index is 0.731. The molecule has 0 spiro atoms. The molecule has 0 saturated heterocycles. The maximum Gasteiger partial charge on any atom is 0.416 e. The Morgan fingerprint density at radius 2 is 0.402 bits per heavy atom. The predicted octanol–water partition coefficient (Wildman–Crippen LogP) is 25.3. The molecule has 12 nitrogen and oxygen atoms in total. The molecule has 0 fully saturated rings. The SMILES string of the molecule is Cc1c(C)c(C)c(-c2cc(-c3ccccc3-c3nc(-c4ccccc4)nc(-c4ccccc4)n3)ccc2-c2nc(-c3ccccc3)nc(-c3ccc(-c4cccc(-c5nc(-c6ccccc6)nc(-c6ccc(-c7ccccc7-c7nc(-c8ccccc8)nc(-c8ccccc8)n7)cc6-c6ccc(C(F)(F)F)cc6)n5)c4)cc3)n2)c(C)c1C. The fourth-order valence-corrected chi connectivity index (χ4v) is 15.1. The molecule has 560 valence electrons. The molecular weight excluding hydrogens is 1450 g/mol. The van der Waals surface area contributed by atoms with Gasteiger partial charge in [-0.2, -0.15) is 13.2 Å².